The highest BCUT2D eigenvalue weighted by molar-refractivity contribution is 6.31. The van der Waals surface area contributed by atoms with Crippen molar-refractivity contribution in [3.05, 3.63) is 34.1 Å². The molecule has 2 aromatic heterocycles. The Hall–Kier alpha value is -1.82. The van der Waals surface area contributed by atoms with Crippen LogP contribution in [0.5, 0.6) is 11.6 Å². The van der Waals surface area contributed by atoms with Crippen LogP contribution < -0.4 is 10.3 Å². The van der Waals surface area contributed by atoms with Crippen molar-refractivity contribution in [1.29, 1.82) is 0 Å². The van der Waals surface area contributed by atoms with Gasteiger partial charge in [0.25, 0.3) is 5.56 Å². The van der Waals surface area contributed by atoms with Gasteiger partial charge in [-0.15, -0.1) is 0 Å². The van der Waals surface area contributed by atoms with Crippen molar-refractivity contribution in [2.24, 2.45) is 0 Å². The van der Waals surface area contributed by atoms with Gasteiger partial charge < -0.3 is 9.72 Å². The Morgan fingerprint density at radius 1 is 1.59 bits per heavy atom. The number of H-pyrrole nitrogens is 1. The zero-order chi connectivity index (χ0) is 12.3. The Labute approximate surface area is 102 Å². The SMILES string of the molecule is CCCn1cc(Oc2nc[nH]c(=O)c2Cl)cn1. The molecule has 1 N–H and O–H groups in total. The first-order chi connectivity index (χ1) is 8.20. The maximum absolute atomic E-state index is 11.2. The van der Waals surface area contributed by atoms with Crippen molar-refractivity contribution in [1.82, 2.24) is 19.7 Å². The summed E-state index contributed by atoms with van der Waals surface area (Å²) in [5.41, 5.74) is -0.433. The molecular formula is C10H11ClN4O2. The van der Waals surface area contributed by atoms with Crippen LogP contribution in [0.15, 0.2) is 23.5 Å². The van der Waals surface area contributed by atoms with Crippen LogP contribution in [0, 0.1) is 0 Å². The molecule has 0 bridgehead atoms. The molecular weight excluding hydrogens is 244 g/mol. The molecule has 0 aliphatic carbocycles. The summed E-state index contributed by atoms with van der Waals surface area (Å²) >= 11 is 5.75. The molecule has 0 aromatic carbocycles. The second kappa shape index (κ2) is 5.01. The Morgan fingerprint density at radius 2 is 2.41 bits per heavy atom. The molecule has 0 saturated heterocycles. The number of ether oxygens (including phenoxy) is 1. The maximum atomic E-state index is 11.2. The van der Waals surface area contributed by atoms with Gasteiger partial charge >= 0.3 is 0 Å². The third-order valence-corrected chi connectivity index (χ3v) is 2.37. The summed E-state index contributed by atoms with van der Waals surface area (Å²) in [5, 5.41) is 4.02. The Kier molecular flexibility index (Phi) is 3.43. The predicted octanol–water partition coefficient (Wildman–Crippen LogP) is 1.82. The highest BCUT2D eigenvalue weighted by atomic mass is 35.5. The lowest BCUT2D eigenvalue weighted by Gasteiger charge is -2.01. The van der Waals surface area contributed by atoms with Crippen LogP contribution in [0.25, 0.3) is 0 Å². The summed E-state index contributed by atoms with van der Waals surface area (Å²) in [4.78, 5) is 17.4. The van der Waals surface area contributed by atoms with E-state index in [9.17, 15) is 4.79 Å². The molecule has 0 fully saturated rings. The predicted molar refractivity (Wildman–Crippen MR) is 62.5 cm³/mol. The molecule has 6 nitrogen and oxygen atoms in total. The lowest BCUT2D eigenvalue weighted by atomic mass is 10.5. The summed E-state index contributed by atoms with van der Waals surface area (Å²) in [6.45, 7) is 2.86. The summed E-state index contributed by atoms with van der Waals surface area (Å²) in [5.74, 6) is 0.574. The first-order valence-corrected chi connectivity index (χ1v) is 5.52. The zero-order valence-corrected chi connectivity index (χ0v) is 9.94. The smallest absolute Gasteiger partial charge is 0.273 e. The van der Waals surface area contributed by atoms with Crippen LogP contribution in [0.2, 0.25) is 5.02 Å². The highest BCUT2D eigenvalue weighted by Gasteiger charge is 2.09. The standard InChI is InChI=1S/C10H11ClN4O2/c1-2-3-15-5-7(4-14-15)17-10-8(11)9(16)12-6-13-10/h4-6H,2-3H2,1H3,(H,12,13,16). The van der Waals surface area contributed by atoms with Gasteiger partial charge in [0.1, 0.15) is 0 Å². The van der Waals surface area contributed by atoms with Crippen LogP contribution in [0.4, 0.5) is 0 Å². The lowest BCUT2D eigenvalue weighted by Crippen LogP contribution is -2.07. The first-order valence-electron chi connectivity index (χ1n) is 5.14. The van der Waals surface area contributed by atoms with Crippen LogP contribution in [0.3, 0.4) is 0 Å². The van der Waals surface area contributed by atoms with Crippen molar-refractivity contribution >= 4 is 11.6 Å². The molecule has 0 unspecified atom stereocenters. The Balaban J connectivity index is 2.19. The summed E-state index contributed by atoms with van der Waals surface area (Å²) < 4.78 is 7.12. The highest BCUT2D eigenvalue weighted by Crippen LogP contribution is 2.22. The number of halogens is 1. The minimum atomic E-state index is -0.433. The molecule has 0 atom stereocenters. The van der Waals surface area contributed by atoms with Gasteiger partial charge in [-0.3, -0.25) is 9.48 Å². The number of hydrogen-bond acceptors (Lipinski definition) is 4. The number of nitrogens with zero attached hydrogens (tertiary/aromatic N) is 3. The number of aromatic nitrogens is 4. The number of aryl methyl sites for hydroxylation is 1. The number of rotatable bonds is 4. The monoisotopic (exact) mass is 254 g/mol. The van der Waals surface area contributed by atoms with Crippen molar-refractivity contribution < 1.29 is 4.74 Å². The molecule has 90 valence electrons. The van der Waals surface area contributed by atoms with Gasteiger partial charge in [-0.25, -0.2) is 4.98 Å². The molecule has 0 saturated carbocycles. The molecule has 2 rings (SSSR count). The summed E-state index contributed by atoms with van der Waals surface area (Å²) in [6, 6.07) is 0. The topological polar surface area (TPSA) is 72.8 Å². The fourth-order valence-corrected chi connectivity index (χ4v) is 1.44. The average molecular weight is 255 g/mol. The number of aromatic amines is 1. The Morgan fingerprint density at radius 3 is 3.18 bits per heavy atom. The largest absolute Gasteiger partial charge is 0.434 e. The van der Waals surface area contributed by atoms with Crippen LogP contribution >= 0.6 is 11.6 Å². The fourth-order valence-electron chi connectivity index (χ4n) is 1.30. The molecule has 17 heavy (non-hydrogen) atoms. The van der Waals surface area contributed by atoms with Crippen molar-refractivity contribution in [3.8, 4) is 11.6 Å². The molecule has 0 amide bonds. The van der Waals surface area contributed by atoms with Crippen molar-refractivity contribution in [3.63, 3.8) is 0 Å². The molecule has 0 spiro atoms. The van der Waals surface area contributed by atoms with E-state index in [0.717, 1.165) is 13.0 Å². The van der Waals surface area contributed by atoms with E-state index < -0.39 is 5.56 Å². The van der Waals surface area contributed by atoms with Gasteiger partial charge in [-0.2, -0.15) is 5.10 Å². The summed E-state index contributed by atoms with van der Waals surface area (Å²) in [6.07, 6.45) is 5.49. The molecule has 0 radical (unpaired) electrons. The minimum absolute atomic E-state index is 0.0734. The van der Waals surface area contributed by atoms with Gasteiger partial charge in [0.2, 0.25) is 5.88 Å². The van der Waals surface area contributed by atoms with E-state index in [2.05, 4.69) is 22.0 Å². The molecule has 0 aliphatic rings. The lowest BCUT2D eigenvalue weighted by molar-refractivity contribution is 0.459. The molecule has 2 aromatic rings. The molecule has 0 aliphatic heterocycles. The van der Waals surface area contributed by atoms with Gasteiger partial charge in [-0.05, 0) is 6.42 Å². The quantitative estimate of drug-likeness (QED) is 0.903. The fraction of sp³-hybridized carbons (Fsp3) is 0.300. The average Bonchev–Trinajstić information content (AvgIpc) is 2.73. The van der Waals surface area contributed by atoms with E-state index in [-0.39, 0.29) is 10.9 Å². The van der Waals surface area contributed by atoms with Gasteiger partial charge in [0.05, 0.1) is 18.7 Å². The van der Waals surface area contributed by atoms with E-state index in [4.69, 9.17) is 16.3 Å². The van der Waals surface area contributed by atoms with E-state index >= 15 is 0 Å². The first kappa shape index (κ1) is 11.7. The second-order valence-corrected chi connectivity index (χ2v) is 3.77. The normalized spacial score (nSPS) is 10.5. The van der Waals surface area contributed by atoms with E-state index in [1.165, 1.54) is 6.33 Å². The van der Waals surface area contributed by atoms with Crippen LogP contribution in [0.1, 0.15) is 13.3 Å². The van der Waals surface area contributed by atoms with Crippen LogP contribution in [-0.4, -0.2) is 19.7 Å². The van der Waals surface area contributed by atoms with Crippen LogP contribution in [-0.2, 0) is 6.54 Å². The minimum Gasteiger partial charge on any atom is -0.434 e. The van der Waals surface area contributed by atoms with Gasteiger partial charge in [0.15, 0.2) is 10.8 Å². The third kappa shape index (κ3) is 2.65. The second-order valence-electron chi connectivity index (χ2n) is 3.39. The zero-order valence-electron chi connectivity index (χ0n) is 9.18. The number of nitrogens with one attached hydrogen (secondary N) is 1. The molecule has 7 heteroatoms. The van der Waals surface area contributed by atoms with Crippen molar-refractivity contribution in [2.75, 3.05) is 0 Å². The van der Waals surface area contributed by atoms with Crippen molar-refractivity contribution in [2.45, 2.75) is 19.9 Å². The van der Waals surface area contributed by atoms with E-state index in [1.807, 2.05) is 0 Å². The summed E-state index contributed by atoms with van der Waals surface area (Å²) in [7, 11) is 0. The van der Waals surface area contributed by atoms with E-state index in [0.29, 0.717) is 5.75 Å². The number of hydrogen-bond donors (Lipinski definition) is 1. The third-order valence-electron chi connectivity index (χ3n) is 2.04. The van der Waals surface area contributed by atoms with E-state index in [1.54, 1.807) is 17.1 Å². The van der Waals surface area contributed by atoms with Gasteiger partial charge in [-0.1, -0.05) is 18.5 Å². The Bertz CT molecular complexity index is 563. The van der Waals surface area contributed by atoms with Gasteiger partial charge in [0, 0.05) is 6.54 Å². The molecule has 2 heterocycles. The maximum Gasteiger partial charge on any atom is 0.273 e.